The number of ether oxygens (including phenoxy) is 1. The molecule has 2 amide bonds. The summed E-state index contributed by atoms with van der Waals surface area (Å²) in [6.07, 6.45) is -0.721. The molecule has 2 unspecified atom stereocenters. The van der Waals surface area contributed by atoms with Gasteiger partial charge in [-0.25, -0.2) is 4.79 Å². The van der Waals surface area contributed by atoms with E-state index in [4.69, 9.17) is 9.84 Å². The highest BCUT2D eigenvalue weighted by atomic mass is 16.5. The van der Waals surface area contributed by atoms with Crippen LogP contribution in [0.25, 0.3) is 0 Å². The molecule has 1 aliphatic heterocycles. The summed E-state index contributed by atoms with van der Waals surface area (Å²) in [5.74, 6) is -1.96. The molecule has 22 heavy (non-hydrogen) atoms. The molecule has 0 spiro atoms. The molecule has 7 nitrogen and oxygen atoms in total. The molecule has 0 saturated heterocycles. The number of rotatable bonds is 4. The van der Waals surface area contributed by atoms with Gasteiger partial charge in [-0.05, 0) is 25.0 Å². The van der Waals surface area contributed by atoms with Crippen LogP contribution in [0.3, 0.4) is 0 Å². The molecular weight excluding hydrogens is 288 g/mol. The van der Waals surface area contributed by atoms with Crippen molar-refractivity contribution in [3.05, 3.63) is 23.8 Å². The second kappa shape index (κ2) is 6.05. The summed E-state index contributed by atoms with van der Waals surface area (Å²) in [5, 5.41) is 14.3. The van der Waals surface area contributed by atoms with Crippen LogP contribution in [0.5, 0.6) is 5.75 Å². The van der Waals surface area contributed by atoms with E-state index >= 15 is 0 Å². The van der Waals surface area contributed by atoms with E-state index in [1.807, 2.05) is 0 Å². The Labute approximate surface area is 127 Å². The predicted molar refractivity (Wildman–Crippen MR) is 78.9 cm³/mol. The van der Waals surface area contributed by atoms with Crippen LogP contribution in [0, 0.1) is 5.92 Å². The predicted octanol–water partition coefficient (Wildman–Crippen LogP) is 1.24. The van der Waals surface area contributed by atoms with Crippen LogP contribution in [0.15, 0.2) is 18.2 Å². The van der Waals surface area contributed by atoms with Crippen LogP contribution < -0.4 is 15.4 Å². The number of carbonyl (C=O) groups excluding carboxylic acids is 2. The van der Waals surface area contributed by atoms with E-state index in [0.717, 1.165) is 0 Å². The zero-order valence-corrected chi connectivity index (χ0v) is 12.5. The summed E-state index contributed by atoms with van der Waals surface area (Å²) < 4.78 is 5.48. The molecule has 0 bridgehead atoms. The van der Waals surface area contributed by atoms with Gasteiger partial charge in [0, 0.05) is 0 Å². The molecule has 2 rings (SSSR count). The summed E-state index contributed by atoms with van der Waals surface area (Å²) in [7, 11) is 0. The number of hydrogen-bond donors (Lipinski definition) is 3. The number of amides is 2. The topological polar surface area (TPSA) is 105 Å². The van der Waals surface area contributed by atoms with E-state index in [1.54, 1.807) is 32.9 Å². The first-order valence-corrected chi connectivity index (χ1v) is 6.95. The molecule has 0 fully saturated rings. The first-order chi connectivity index (χ1) is 10.3. The Balaban J connectivity index is 2.30. The monoisotopic (exact) mass is 306 g/mol. The summed E-state index contributed by atoms with van der Waals surface area (Å²) in [4.78, 5) is 35.1. The number of benzene rings is 1. The van der Waals surface area contributed by atoms with E-state index in [9.17, 15) is 14.4 Å². The lowest BCUT2D eigenvalue weighted by atomic mass is 10.0. The Morgan fingerprint density at radius 2 is 2.05 bits per heavy atom. The van der Waals surface area contributed by atoms with Crippen molar-refractivity contribution in [1.29, 1.82) is 0 Å². The van der Waals surface area contributed by atoms with Gasteiger partial charge in [-0.2, -0.15) is 0 Å². The van der Waals surface area contributed by atoms with E-state index in [1.165, 1.54) is 6.07 Å². The van der Waals surface area contributed by atoms with Crippen LogP contribution in [0.2, 0.25) is 0 Å². The molecule has 0 aromatic heterocycles. The lowest BCUT2D eigenvalue weighted by Gasteiger charge is -2.25. The zero-order chi connectivity index (χ0) is 16.4. The first kappa shape index (κ1) is 15.8. The number of aliphatic carboxylic acids is 1. The average molecular weight is 306 g/mol. The average Bonchev–Trinajstić information content (AvgIpc) is 2.44. The maximum Gasteiger partial charge on any atom is 0.326 e. The van der Waals surface area contributed by atoms with Crippen LogP contribution >= 0.6 is 0 Å². The van der Waals surface area contributed by atoms with Crippen molar-refractivity contribution >= 4 is 23.5 Å². The highest BCUT2D eigenvalue weighted by molar-refractivity contribution is 6.04. The lowest BCUT2D eigenvalue weighted by Crippen LogP contribution is -2.44. The minimum Gasteiger partial charge on any atom is -0.480 e. The summed E-state index contributed by atoms with van der Waals surface area (Å²) in [5.41, 5.74) is 0.587. The van der Waals surface area contributed by atoms with E-state index in [2.05, 4.69) is 10.6 Å². The molecule has 118 valence electrons. The van der Waals surface area contributed by atoms with E-state index in [0.29, 0.717) is 5.69 Å². The van der Waals surface area contributed by atoms with Crippen LogP contribution in [-0.4, -0.2) is 35.0 Å². The quantitative estimate of drug-likeness (QED) is 0.776. The van der Waals surface area contributed by atoms with Gasteiger partial charge in [0.1, 0.15) is 6.04 Å². The molecule has 0 radical (unpaired) electrons. The summed E-state index contributed by atoms with van der Waals surface area (Å²) in [6.45, 7) is 4.98. The summed E-state index contributed by atoms with van der Waals surface area (Å²) in [6, 6.07) is 3.74. The lowest BCUT2D eigenvalue weighted by molar-refractivity contribution is -0.140. The van der Waals surface area contributed by atoms with Crippen LogP contribution in [-0.2, 0) is 9.59 Å². The smallest absolute Gasteiger partial charge is 0.326 e. The Bertz CT molecular complexity index is 626. The third kappa shape index (κ3) is 3.03. The molecule has 7 heteroatoms. The normalized spacial score (nSPS) is 18.0. The Hall–Kier alpha value is -2.57. The van der Waals surface area contributed by atoms with Crippen molar-refractivity contribution in [2.24, 2.45) is 5.92 Å². The van der Waals surface area contributed by atoms with E-state index < -0.39 is 24.0 Å². The number of para-hydroxylation sites is 1. The van der Waals surface area contributed by atoms with Crippen molar-refractivity contribution in [3.8, 4) is 5.75 Å². The molecule has 1 aromatic carbocycles. The molecule has 0 saturated carbocycles. The third-order valence-electron chi connectivity index (χ3n) is 3.40. The first-order valence-electron chi connectivity index (χ1n) is 6.95. The number of anilines is 1. The van der Waals surface area contributed by atoms with Crippen molar-refractivity contribution in [2.45, 2.75) is 32.9 Å². The third-order valence-corrected chi connectivity index (χ3v) is 3.40. The Kier molecular flexibility index (Phi) is 4.35. The van der Waals surface area contributed by atoms with Crippen molar-refractivity contribution < 1.29 is 24.2 Å². The minimum atomic E-state index is -1.10. The molecular formula is C15H18N2O5. The van der Waals surface area contributed by atoms with Crippen LogP contribution in [0.1, 0.15) is 31.1 Å². The van der Waals surface area contributed by atoms with Crippen LogP contribution in [0.4, 0.5) is 5.69 Å². The SMILES string of the molecule is CC1Oc2c(cccc2C(=O)NC(C(=O)O)C(C)C)NC1=O. The minimum absolute atomic E-state index is 0.191. The van der Waals surface area contributed by atoms with Crippen molar-refractivity contribution in [2.75, 3.05) is 5.32 Å². The van der Waals surface area contributed by atoms with Gasteiger partial charge in [-0.3, -0.25) is 9.59 Å². The van der Waals surface area contributed by atoms with Gasteiger partial charge < -0.3 is 20.5 Å². The molecule has 2 atom stereocenters. The number of carboxylic acids is 1. The highest BCUT2D eigenvalue weighted by Crippen LogP contribution is 2.33. The van der Waals surface area contributed by atoms with Gasteiger partial charge in [0.15, 0.2) is 11.9 Å². The van der Waals surface area contributed by atoms with Gasteiger partial charge in [0.05, 0.1) is 11.3 Å². The van der Waals surface area contributed by atoms with E-state index in [-0.39, 0.29) is 23.1 Å². The zero-order valence-electron chi connectivity index (χ0n) is 12.5. The Morgan fingerprint density at radius 3 is 2.64 bits per heavy atom. The number of fused-ring (bicyclic) bond motifs is 1. The largest absolute Gasteiger partial charge is 0.480 e. The molecule has 0 aliphatic carbocycles. The summed E-state index contributed by atoms with van der Waals surface area (Å²) >= 11 is 0. The second-order valence-corrected chi connectivity index (χ2v) is 5.46. The fraction of sp³-hybridized carbons (Fsp3) is 0.400. The maximum atomic E-state index is 12.4. The van der Waals surface area contributed by atoms with Gasteiger partial charge in [0.2, 0.25) is 0 Å². The number of hydrogen-bond acceptors (Lipinski definition) is 4. The van der Waals surface area contributed by atoms with Gasteiger partial charge in [0.25, 0.3) is 11.8 Å². The fourth-order valence-electron chi connectivity index (χ4n) is 2.14. The van der Waals surface area contributed by atoms with Crippen molar-refractivity contribution in [1.82, 2.24) is 5.32 Å². The Morgan fingerprint density at radius 1 is 1.36 bits per heavy atom. The van der Waals surface area contributed by atoms with Gasteiger partial charge in [-0.15, -0.1) is 0 Å². The fourth-order valence-corrected chi connectivity index (χ4v) is 2.14. The number of nitrogens with one attached hydrogen (secondary N) is 2. The number of carboxylic acid groups (broad SMARTS) is 1. The maximum absolute atomic E-state index is 12.4. The standard InChI is InChI=1S/C15H18N2O5/c1-7(2)11(15(20)21)17-14(19)9-5-4-6-10-12(9)22-8(3)13(18)16-10/h4-8,11H,1-3H3,(H,16,18)(H,17,19)(H,20,21). The van der Waals surface area contributed by atoms with Gasteiger partial charge >= 0.3 is 5.97 Å². The van der Waals surface area contributed by atoms with Gasteiger partial charge in [-0.1, -0.05) is 19.9 Å². The number of carbonyl (C=O) groups is 3. The molecule has 1 aliphatic rings. The molecule has 1 aromatic rings. The highest BCUT2D eigenvalue weighted by Gasteiger charge is 2.30. The van der Waals surface area contributed by atoms with Crippen molar-refractivity contribution in [3.63, 3.8) is 0 Å². The molecule has 1 heterocycles. The second-order valence-electron chi connectivity index (χ2n) is 5.46. The molecule has 3 N–H and O–H groups in total.